The first-order chi connectivity index (χ1) is 11.1. The van der Waals surface area contributed by atoms with Crippen LogP contribution in [-0.4, -0.2) is 31.8 Å². The first kappa shape index (κ1) is 15.3. The lowest BCUT2D eigenvalue weighted by Crippen LogP contribution is -2.28. The number of terminal acetylenes is 1. The number of ether oxygens (including phenoxy) is 1. The fourth-order valence-corrected chi connectivity index (χ4v) is 2.63. The van der Waals surface area contributed by atoms with Crippen LogP contribution >= 0.6 is 0 Å². The fourth-order valence-electron chi connectivity index (χ4n) is 2.63. The minimum Gasteiger partial charge on any atom is -0.490 e. The molecule has 6 heteroatoms. The summed E-state index contributed by atoms with van der Waals surface area (Å²) >= 11 is 0. The van der Waals surface area contributed by atoms with E-state index in [0.717, 1.165) is 30.1 Å². The van der Waals surface area contributed by atoms with Gasteiger partial charge in [-0.3, -0.25) is 4.79 Å². The second-order valence-electron chi connectivity index (χ2n) is 5.89. The topological polar surface area (TPSA) is 66.3 Å². The molecule has 1 N–H and O–H groups in total. The highest BCUT2D eigenvalue weighted by atomic mass is 16.5. The molecule has 6 nitrogen and oxygen atoms in total. The van der Waals surface area contributed by atoms with Crippen molar-refractivity contribution in [3.63, 3.8) is 0 Å². The van der Waals surface area contributed by atoms with E-state index in [2.05, 4.69) is 26.4 Å². The van der Waals surface area contributed by atoms with Crippen LogP contribution in [0.5, 0.6) is 5.75 Å². The number of amides is 1. The van der Waals surface area contributed by atoms with E-state index in [1.165, 1.54) is 0 Å². The smallest absolute Gasteiger partial charge is 0.224 e. The molecule has 2 heterocycles. The van der Waals surface area contributed by atoms with Crippen LogP contribution < -0.4 is 15.0 Å². The van der Waals surface area contributed by atoms with Crippen LogP contribution in [0.2, 0.25) is 0 Å². The van der Waals surface area contributed by atoms with Gasteiger partial charge in [0.05, 0.1) is 12.2 Å². The van der Waals surface area contributed by atoms with Crippen LogP contribution in [0.3, 0.4) is 0 Å². The van der Waals surface area contributed by atoms with Crippen LogP contribution in [0.25, 0.3) is 0 Å². The van der Waals surface area contributed by atoms with Crippen molar-refractivity contribution in [2.24, 2.45) is 10.2 Å². The third kappa shape index (κ3) is 3.62. The third-order valence-electron chi connectivity index (χ3n) is 4.14. The summed E-state index contributed by atoms with van der Waals surface area (Å²) in [7, 11) is 2.01. The number of hydrogen-bond donors (Lipinski definition) is 1. The van der Waals surface area contributed by atoms with Crippen LogP contribution in [0.1, 0.15) is 25.7 Å². The zero-order valence-corrected chi connectivity index (χ0v) is 13.2. The lowest BCUT2D eigenvalue weighted by atomic mass is 10.0. The Morgan fingerprint density at radius 1 is 1.48 bits per heavy atom. The van der Waals surface area contributed by atoms with Crippen molar-refractivity contribution in [1.82, 2.24) is 0 Å². The molecule has 0 spiro atoms. The van der Waals surface area contributed by atoms with E-state index in [1.54, 1.807) is 0 Å². The van der Waals surface area contributed by atoms with Gasteiger partial charge in [-0.15, -0.1) is 12.3 Å². The number of likely N-dealkylation sites (N-methyl/N-ethyl adjacent to an activating group) is 1. The molecule has 0 aliphatic carbocycles. The van der Waals surface area contributed by atoms with Gasteiger partial charge in [-0.25, -0.2) is 0 Å². The summed E-state index contributed by atoms with van der Waals surface area (Å²) in [4.78, 5) is 14.2. The minimum absolute atomic E-state index is 0.0401. The summed E-state index contributed by atoms with van der Waals surface area (Å²) in [5, 5.41) is 11.0. The summed E-state index contributed by atoms with van der Waals surface area (Å²) in [6.07, 6.45) is 7.59. The van der Waals surface area contributed by atoms with E-state index < -0.39 is 5.66 Å². The molecule has 120 valence electrons. The first-order valence-electron chi connectivity index (χ1n) is 7.77. The Morgan fingerprint density at radius 2 is 2.30 bits per heavy atom. The Balaban J connectivity index is 1.54. The lowest BCUT2D eigenvalue weighted by molar-refractivity contribution is -0.116. The Labute approximate surface area is 135 Å². The average molecular weight is 312 g/mol. The fraction of sp³-hybridized carbons (Fsp3) is 0.471. The maximum Gasteiger partial charge on any atom is 0.224 e. The SMILES string of the molecule is C#CCCC1(CCC(=O)Nc2ccc3c(c2)N(C)CCO3)N=N1. The monoisotopic (exact) mass is 312 g/mol. The summed E-state index contributed by atoms with van der Waals surface area (Å²) in [6.45, 7) is 1.52. The number of carbonyl (C=O) groups is 1. The number of carbonyl (C=O) groups excluding carboxylic acids is 1. The summed E-state index contributed by atoms with van der Waals surface area (Å²) < 4.78 is 5.60. The second-order valence-corrected chi connectivity index (χ2v) is 5.89. The first-order valence-corrected chi connectivity index (χ1v) is 7.77. The van der Waals surface area contributed by atoms with Gasteiger partial charge < -0.3 is 15.0 Å². The molecule has 0 radical (unpaired) electrons. The highest BCUT2D eigenvalue weighted by molar-refractivity contribution is 5.91. The number of anilines is 2. The van der Waals surface area contributed by atoms with Crippen LogP contribution in [0.4, 0.5) is 11.4 Å². The van der Waals surface area contributed by atoms with Gasteiger partial charge in [0, 0.05) is 38.4 Å². The molecular weight excluding hydrogens is 292 g/mol. The minimum atomic E-state index is -0.409. The summed E-state index contributed by atoms with van der Waals surface area (Å²) in [5.74, 6) is 3.40. The summed E-state index contributed by atoms with van der Waals surface area (Å²) in [5.41, 5.74) is 1.35. The predicted octanol–water partition coefficient (Wildman–Crippen LogP) is 2.81. The van der Waals surface area contributed by atoms with E-state index in [0.29, 0.717) is 25.9 Å². The van der Waals surface area contributed by atoms with Crippen molar-refractivity contribution in [2.45, 2.75) is 31.3 Å². The average Bonchev–Trinajstić information content (AvgIpc) is 3.32. The second kappa shape index (κ2) is 6.29. The van der Waals surface area contributed by atoms with Gasteiger partial charge in [-0.1, -0.05) is 0 Å². The van der Waals surface area contributed by atoms with E-state index in [9.17, 15) is 4.79 Å². The zero-order chi connectivity index (χ0) is 16.3. The molecule has 0 fully saturated rings. The molecule has 1 aromatic carbocycles. The molecule has 23 heavy (non-hydrogen) atoms. The number of nitrogens with zero attached hydrogens (tertiary/aromatic N) is 3. The van der Waals surface area contributed by atoms with Gasteiger partial charge in [-0.05, 0) is 18.2 Å². The normalized spacial score (nSPS) is 17.0. The van der Waals surface area contributed by atoms with E-state index >= 15 is 0 Å². The molecule has 0 bridgehead atoms. The molecule has 0 unspecified atom stereocenters. The number of hydrogen-bond acceptors (Lipinski definition) is 5. The molecule has 0 atom stereocenters. The highest BCUT2D eigenvalue weighted by Gasteiger charge is 2.39. The zero-order valence-electron chi connectivity index (χ0n) is 13.2. The van der Waals surface area contributed by atoms with E-state index in [1.807, 2.05) is 25.2 Å². The predicted molar refractivity (Wildman–Crippen MR) is 88.7 cm³/mol. The van der Waals surface area contributed by atoms with Crippen LogP contribution in [0.15, 0.2) is 28.4 Å². The van der Waals surface area contributed by atoms with Crippen molar-refractivity contribution < 1.29 is 9.53 Å². The van der Waals surface area contributed by atoms with Gasteiger partial charge >= 0.3 is 0 Å². The summed E-state index contributed by atoms with van der Waals surface area (Å²) in [6, 6.07) is 5.68. The standard InChI is InChI=1S/C17H20N4O2/c1-3-4-8-17(19-20-17)9-7-16(22)18-13-5-6-15-14(12-13)21(2)10-11-23-15/h1,5-6,12H,4,7-11H2,2H3,(H,18,22). The van der Waals surface area contributed by atoms with E-state index in [4.69, 9.17) is 11.2 Å². The number of fused-ring (bicyclic) bond motifs is 1. The van der Waals surface area contributed by atoms with E-state index in [-0.39, 0.29) is 5.91 Å². The highest BCUT2D eigenvalue weighted by Crippen LogP contribution is 2.38. The third-order valence-corrected chi connectivity index (χ3v) is 4.14. The molecule has 1 amide bonds. The molecule has 0 saturated carbocycles. The quantitative estimate of drug-likeness (QED) is 0.821. The van der Waals surface area contributed by atoms with Gasteiger partial charge in [0.15, 0.2) is 5.66 Å². The van der Waals surface area contributed by atoms with Crippen LogP contribution in [-0.2, 0) is 4.79 Å². The van der Waals surface area contributed by atoms with Gasteiger partial charge in [0.2, 0.25) is 5.91 Å². The van der Waals surface area contributed by atoms with Crippen molar-refractivity contribution in [1.29, 1.82) is 0 Å². The molecular formula is C17H20N4O2. The van der Waals surface area contributed by atoms with Crippen molar-refractivity contribution in [2.75, 3.05) is 30.4 Å². The molecule has 2 aliphatic heterocycles. The largest absolute Gasteiger partial charge is 0.490 e. The molecule has 3 rings (SSSR count). The van der Waals surface area contributed by atoms with Crippen molar-refractivity contribution >= 4 is 17.3 Å². The van der Waals surface area contributed by atoms with Gasteiger partial charge in [0.25, 0.3) is 0 Å². The van der Waals surface area contributed by atoms with Crippen molar-refractivity contribution in [3.8, 4) is 18.1 Å². The molecule has 0 saturated heterocycles. The number of nitrogens with one attached hydrogen (secondary N) is 1. The molecule has 2 aliphatic rings. The van der Waals surface area contributed by atoms with Gasteiger partial charge in [0.1, 0.15) is 12.4 Å². The Morgan fingerprint density at radius 3 is 3.04 bits per heavy atom. The maximum absolute atomic E-state index is 12.1. The molecule has 0 aromatic heterocycles. The molecule has 1 aromatic rings. The maximum atomic E-state index is 12.1. The number of benzene rings is 1. The van der Waals surface area contributed by atoms with Gasteiger partial charge in [-0.2, -0.15) is 10.2 Å². The number of rotatable bonds is 6. The Kier molecular flexibility index (Phi) is 4.20. The Hall–Kier alpha value is -2.55. The Bertz CT molecular complexity index is 672. The lowest BCUT2D eigenvalue weighted by Gasteiger charge is -2.28. The van der Waals surface area contributed by atoms with Crippen LogP contribution in [0, 0.1) is 12.3 Å². The van der Waals surface area contributed by atoms with Crippen molar-refractivity contribution in [3.05, 3.63) is 18.2 Å².